The zero-order chi connectivity index (χ0) is 90.7. The molecule has 0 atom stereocenters. The smallest absolute Gasteiger partial charge is 0.242 e. The lowest BCUT2D eigenvalue weighted by atomic mass is 9.95. The number of ketones is 1. The van der Waals surface area contributed by atoms with Gasteiger partial charge in [0.15, 0.2) is 0 Å². The standard InChI is InChI=1S/C18H29N3O2S.C18H26N2O.C17H25N3O.C17H27N3O.C17H23N3.C16H25N3O/c1-14(2)15-7-8-17(21-11-9-19-10-12-21)18(13-15)24(22,23)20-16-5-3-4-6-16;1-13(2)15-5-6-17(20-9-7-19-8-10-20)16(11-15)12-18(21)14-3-4-14;1-13(2)14-5-6-15(19-10-7-18-8-11-19)16(12-14)20-9-3-4-17(20)21;1-13(2)14-5-6-16(20-9-7-18-8-10-20)15(11-14)12-17(21)19(3)4;1-14(2)15-5-6-16(20-11-7-18-8-12-20)17(13-15)19-9-3-4-10-19;1-12(2)14-4-5-16(19-8-6-17-7-9-19)15(10-14)11-18-13(3)20/h7-8,13-14,16,19-20H,3-6,9-12H2,1-2H3;5-6,11,13-14,19H,3-4,7-10,12H2,1-2H3;5-6,12-13,18H,3-4,7-11H2,1-2H3;5-6,11,13,18H,7-10,12H2,1-4H3;3-6,9-10,13-14,18H,7-8,11-12H2,1-2H3;4-5,10,12,17H,6-9,11H2,1-3H3,(H,18,20). The van der Waals surface area contributed by atoms with Crippen molar-refractivity contribution in [3.05, 3.63) is 184 Å². The van der Waals surface area contributed by atoms with Crippen LogP contribution in [0.1, 0.15) is 227 Å². The summed E-state index contributed by atoms with van der Waals surface area (Å²) in [4.78, 5) is 66.2. The fourth-order valence-electron chi connectivity index (χ4n) is 17.8. The quantitative estimate of drug-likeness (QED) is 0.0281. The molecule has 9 fully saturated rings. The molecule has 127 heavy (non-hydrogen) atoms. The monoisotopic (exact) mass is 1760 g/mol. The Bertz CT molecular complexity index is 4640. The van der Waals surface area contributed by atoms with Crippen LogP contribution in [-0.2, 0) is 48.6 Å². The Hall–Kier alpha value is -8.85. The first-order valence-electron chi connectivity index (χ1n) is 48.1. The van der Waals surface area contributed by atoms with Crippen molar-refractivity contribution >= 4 is 73.3 Å². The predicted octanol–water partition coefficient (Wildman–Crippen LogP) is 14.2. The molecule has 3 amide bonds. The lowest BCUT2D eigenvalue weighted by Crippen LogP contribution is -2.44. The Morgan fingerprint density at radius 2 is 0.724 bits per heavy atom. The lowest BCUT2D eigenvalue weighted by Gasteiger charge is -2.33. The van der Waals surface area contributed by atoms with Crippen molar-refractivity contribution in [1.82, 2.24) is 51.4 Å². The fraction of sp³-hybridized carbons (Fsp3) is 0.573. The molecule has 7 saturated heterocycles. The first-order chi connectivity index (χ1) is 61.1. The van der Waals surface area contributed by atoms with E-state index in [-0.39, 0.29) is 23.8 Å². The highest BCUT2D eigenvalue weighted by atomic mass is 32.2. The number of rotatable bonds is 24. The number of nitrogens with one attached hydrogen (secondary N) is 8. The third-order valence-electron chi connectivity index (χ3n) is 26.0. The van der Waals surface area contributed by atoms with Crippen molar-refractivity contribution in [1.29, 1.82) is 0 Å². The van der Waals surface area contributed by atoms with E-state index in [0.717, 1.165) is 231 Å². The van der Waals surface area contributed by atoms with Crippen LogP contribution in [0.15, 0.2) is 139 Å². The van der Waals surface area contributed by atoms with E-state index in [2.05, 4.69) is 281 Å². The molecule has 2 aliphatic carbocycles. The number of carbonyl (C=O) groups is 4. The molecule has 8 heterocycles. The number of hydrogen-bond acceptors (Lipinski definition) is 18. The van der Waals surface area contributed by atoms with E-state index in [1.165, 1.54) is 73.1 Å². The second kappa shape index (κ2) is 48.7. The van der Waals surface area contributed by atoms with Gasteiger partial charge >= 0.3 is 0 Å². The van der Waals surface area contributed by atoms with Crippen molar-refractivity contribution in [2.24, 2.45) is 5.92 Å². The Morgan fingerprint density at radius 3 is 1.09 bits per heavy atom. The number of hydrogen-bond donors (Lipinski definition) is 8. The van der Waals surface area contributed by atoms with Gasteiger partial charge in [-0.2, -0.15) is 0 Å². The predicted molar refractivity (Wildman–Crippen MR) is 529 cm³/mol. The van der Waals surface area contributed by atoms with Gasteiger partial charge in [-0.1, -0.05) is 151 Å². The van der Waals surface area contributed by atoms with Crippen LogP contribution in [0.25, 0.3) is 5.69 Å². The summed E-state index contributed by atoms with van der Waals surface area (Å²) in [7, 11) is 0.145. The molecule has 1 aromatic heterocycles. The summed E-state index contributed by atoms with van der Waals surface area (Å²) in [6.45, 7) is 53.4. The van der Waals surface area contributed by atoms with Gasteiger partial charge in [0.05, 0.1) is 34.9 Å². The first kappa shape index (κ1) is 98.7. The van der Waals surface area contributed by atoms with Gasteiger partial charge < -0.3 is 81.0 Å². The molecular formula is C103H155N17O6S. The molecule has 8 N–H and O–H groups in total. The van der Waals surface area contributed by atoms with Crippen molar-refractivity contribution in [3.8, 4) is 5.69 Å². The van der Waals surface area contributed by atoms with Crippen LogP contribution in [0.3, 0.4) is 0 Å². The molecule has 6 aromatic carbocycles. The summed E-state index contributed by atoms with van der Waals surface area (Å²) in [6.07, 6.45) is 13.4. The molecule has 7 aliphatic heterocycles. The number of sulfonamides is 1. The minimum Gasteiger partial charge on any atom is -0.369 e. The van der Waals surface area contributed by atoms with E-state index in [9.17, 15) is 27.6 Å². The van der Waals surface area contributed by atoms with Crippen LogP contribution in [0.5, 0.6) is 0 Å². The molecule has 2 saturated carbocycles. The lowest BCUT2D eigenvalue weighted by molar-refractivity contribution is -0.128. The number of aromatic nitrogens is 1. The number of piperazine rings is 6. The highest BCUT2D eigenvalue weighted by molar-refractivity contribution is 7.89. The Morgan fingerprint density at radius 1 is 0.394 bits per heavy atom. The van der Waals surface area contributed by atoms with Gasteiger partial charge in [-0.3, -0.25) is 19.2 Å². The number of nitrogens with zero attached hydrogens (tertiary/aromatic N) is 9. The highest BCUT2D eigenvalue weighted by Gasteiger charge is 2.33. The maximum Gasteiger partial charge on any atom is 0.242 e. The SMILES string of the molecule is CC(=O)NCc1cc(C(C)C)ccc1N1CCNCC1.CC(C)c1ccc(N2CCNCC2)c(-n2cccc2)c1.CC(C)c1ccc(N2CCNCC2)c(CC(=O)C2CC2)c1.CC(C)c1ccc(N2CCNCC2)c(CC(=O)N(C)C)c1.CC(C)c1ccc(N2CCNCC2)c(N2CCCC2=O)c1.CC(C)c1ccc(N2CCNCC2)c(S(=O)(=O)NC2CCCC2)c1. The molecule has 0 bridgehead atoms. The van der Waals surface area contributed by atoms with Crippen LogP contribution in [0.4, 0.5) is 39.8 Å². The molecule has 0 spiro atoms. The van der Waals surface area contributed by atoms with E-state index in [4.69, 9.17) is 0 Å². The van der Waals surface area contributed by atoms with Crippen LogP contribution < -0.4 is 76.2 Å². The zero-order valence-electron chi connectivity index (χ0n) is 79.7. The topological polar surface area (TPSA) is 230 Å². The molecule has 24 heteroatoms. The molecule has 0 unspecified atom stereocenters. The van der Waals surface area contributed by atoms with Gasteiger partial charge in [0, 0.05) is 245 Å². The minimum atomic E-state index is -3.49. The van der Waals surface area contributed by atoms with Crippen LogP contribution in [0.2, 0.25) is 0 Å². The number of benzene rings is 6. The van der Waals surface area contributed by atoms with Crippen LogP contribution >= 0.6 is 0 Å². The minimum absolute atomic E-state index is 0.0196. The summed E-state index contributed by atoms with van der Waals surface area (Å²) >= 11 is 0. The Kier molecular flexibility index (Phi) is 37.9. The van der Waals surface area contributed by atoms with Gasteiger partial charge in [-0.15, -0.1) is 0 Å². The fourth-order valence-corrected chi connectivity index (χ4v) is 19.4. The van der Waals surface area contributed by atoms with Gasteiger partial charge in [0.25, 0.3) is 0 Å². The van der Waals surface area contributed by atoms with Gasteiger partial charge in [-0.05, 0) is 184 Å². The molecule has 694 valence electrons. The number of carbonyl (C=O) groups excluding carboxylic acids is 4. The number of anilines is 7. The molecule has 16 rings (SSSR count). The van der Waals surface area contributed by atoms with Crippen LogP contribution in [-0.4, -0.2) is 225 Å². The second-order valence-corrected chi connectivity index (χ2v) is 39.6. The summed E-state index contributed by atoms with van der Waals surface area (Å²) in [5, 5.41) is 23.2. The summed E-state index contributed by atoms with van der Waals surface area (Å²) in [6, 6.07) is 43.7. The van der Waals surface area contributed by atoms with Gasteiger partial charge in [0.1, 0.15) is 10.7 Å². The van der Waals surface area contributed by atoms with Gasteiger partial charge in [0.2, 0.25) is 27.7 Å². The van der Waals surface area contributed by atoms with Crippen molar-refractivity contribution < 1.29 is 27.6 Å². The molecule has 7 aromatic rings. The maximum atomic E-state index is 13.1. The van der Waals surface area contributed by atoms with Crippen LogP contribution in [0, 0.1) is 5.92 Å². The van der Waals surface area contributed by atoms with E-state index >= 15 is 0 Å². The van der Waals surface area contributed by atoms with E-state index in [1.807, 2.05) is 31.1 Å². The molecule has 9 aliphatic rings. The molecule has 23 nitrogen and oxygen atoms in total. The summed E-state index contributed by atoms with van der Waals surface area (Å²) in [5.41, 5.74) is 20.9. The zero-order valence-corrected chi connectivity index (χ0v) is 80.5. The maximum absolute atomic E-state index is 13.1. The summed E-state index contributed by atoms with van der Waals surface area (Å²) < 4.78 is 31.3. The third-order valence-corrected chi connectivity index (χ3v) is 27.6. The van der Waals surface area contributed by atoms with E-state index in [1.54, 1.807) is 11.8 Å². The van der Waals surface area contributed by atoms with Crippen molar-refractivity contribution in [3.63, 3.8) is 0 Å². The van der Waals surface area contributed by atoms with Gasteiger partial charge in [-0.25, -0.2) is 13.1 Å². The largest absolute Gasteiger partial charge is 0.369 e. The summed E-state index contributed by atoms with van der Waals surface area (Å²) in [5.74, 6) is 4.08. The normalized spacial score (nSPS) is 17.7. The van der Waals surface area contributed by atoms with Crippen molar-refractivity contribution in [2.45, 2.75) is 207 Å². The number of likely N-dealkylation sites (N-methyl/N-ethyl adjacent to an activating group) is 1. The molecular weight excluding hydrogens is 1600 g/mol. The van der Waals surface area contributed by atoms with Crippen molar-refractivity contribution in [2.75, 3.05) is 212 Å². The highest BCUT2D eigenvalue weighted by Crippen LogP contribution is 2.39. The Labute approximate surface area is 762 Å². The number of Topliss-reactive ketones (excluding diaryl/α,β-unsaturated/α-hetero) is 1. The average Bonchev–Trinajstić information content (AvgIpc) is 1.43. The van der Waals surface area contributed by atoms with E-state index < -0.39 is 10.0 Å². The number of amides is 3. The van der Waals surface area contributed by atoms with E-state index in [0.29, 0.717) is 77.9 Å². The average molecular weight is 1760 g/mol. The molecule has 0 radical (unpaired) electrons. The Balaban J connectivity index is 0.000000148. The third kappa shape index (κ3) is 28.8. The first-order valence-corrected chi connectivity index (χ1v) is 49.6. The second-order valence-electron chi connectivity index (χ2n) is 37.9.